The Labute approximate surface area is 246 Å². The molecule has 0 saturated carbocycles. The van der Waals surface area contributed by atoms with E-state index in [0.29, 0.717) is 18.8 Å². The fourth-order valence-electron chi connectivity index (χ4n) is 4.53. The number of aromatic nitrogens is 2. The number of hydrogen-bond acceptors (Lipinski definition) is 6. The number of ether oxygens (including phenoxy) is 1. The standard InChI is InChI=1S/C31H46N6O3Si/c1-31(2)12-10-24(11-13-31)26-18-23(19-28(38)33-14-15-36(3)4)8-9-27(26)35-30(39)29-34-25(20-32)21-37(29)22-40-16-17-41(5,6)7/h8-10,18,21H,11-17,19,22H2,1-7H3,(H,33,38)(H,35,39). The maximum absolute atomic E-state index is 13.5. The van der Waals surface area contributed by atoms with Gasteiger partial charge in [0, 0.05) is 45.2 Å². The van der Waals surface area contributed by atoms with Crippen LogP contribution >= 0.6 is 0 Å². The van der Waals surface area contributed by atoms with E-state index < -0.39 is 14.0 Å². The Morgan fingerprint density at radius 1 is 1.24 bits per heavy atom. The molecule has 0 unspecified atom stereocenters. The van der Waals surface area contributed by atoms with Gasteiger partial charge in [-0.15, -0.1) is 0 Å². The first-order chi connectivity index (χ1) is 19.3. The molecule has 3 rings (SSSR count). The minimum atomic E-state index is -1.26. The minimum Gasteiger partial charge on any atom is -0.361 e. The number of allylic oxidation sites excluding steroid dienone is 2. The van der Waals surface area contributed by atoms with E-state index in [-0.39, 0.29) is 36.0 Å². The van der Waals surface area contributed by atoms with Gasteiger partial charge in [0.25, 0.3) is 5.91 Å². The molecule has 0 radical (unpaired) electrons. The minimum absolute atomic E-state index is 0.0338. The fraction of sp³-hybridized carbons (Fsp3) is 0.548. The normalized spacial score (nSPS) is 14.9. The molecule has 0 fully saturated rings. The van der Waals surface area contributed by atoms with Crippen molar-refractivity contribution in [3.63, 3.8) is 0 Å². The van der Waals surface area contributed by atoms with Crippen molar-refractivity contribution in [2.75, 3.05) is 39.1 Å². The van der Waals surface area contributed by atoms with Gasteiger partial charge in [0.15, 0.2) is 5.69 Å². The lowest BCUT2D eigenvalue weighted by atomic mass is 9.76. The predicted octanol–water partition coefficient (Wildman–Crippen LogP) is 5.13. The molecule has 222 valence electrons. The van der Waals surface area contributed by atoms with Crippen molar-refractivity contribution in [3.8, 4) is 6.07 Å². The lowest BCUT2D eigenvalue weighted by molar-refractivity contribution is -0.120. The third-order valence-corrected chi connectivity index (χ3v) is 8.92. The number of rotatable bonds is 13. The maximum Gasteiger partial charge on any atom is 0.291 e. The van der Waals surface area contributed by atoms with Gasteiger partial charge in [-0.2, -0.15) is 5.26 Å². The summed E-state index contributed by atoms with van der Waals surface area (Å²) in [6.07, 6.45) is 6.91. The maximum atomic E-state index is 13.5. The smallest absolute Gasteiger partial charge is 0.291 e. The number of nitrogens with one attached hydrogen (secondary N) is 2. The van der Waals surface area contributed by atoms with E-state index >= 15 is 0 Å². The van der Waals surface area contributed by atoms with Crippen LogP contribution in [-0.4, -0.2) is 68.1 Å². The predicted molar refractivity (Wildman–Crippen MR) is 166 cm³/mol. The van der Waals surface area contributed by atoms with E-state index in [2.05, 4.69) is 55.2 Å². The van der Waals surface area contributed by atoms with Crippen LogP contribution in [0.1, 0.15) is 60.5 Å². The molecule has 41 heavy (non-hydrogen) atoms. The lowest BCUT2D eigenvalue weighted by Gasteiger charge is -2.29. The Kier molecular flexibility index (Phi) is 11.1. The van der Waals surface area contributed by atoms with Crippen molar-refractivity contribution in [1.82, 2.24) is 19.8 Å². The SMILES string of the molecule is CN(C)CCNC(=O)Cc1ccc(NC(=O)c2nc(C#N)cn2COCC[Si](C)(C)C)c(C2=CCC(C)(C)CC2)c1. The first-order valence-electron chi connectivity index (χ1n) is 14.4. The van der Waals surface area contributed by atoms with Crippen LogP contribution in [0.4, 0.5) is 5.69 Å². The lowest BCUT2D eigenvalue weighted by Crippen LogP contribution is -2.32. The van der Waals surface area contributed by atoms with Crippen LogP contribution in [0.15, 0.2) is 30.5 Å². The number of carbonyl (C=O) groups is 2. The summed E-state index contributed by atoms with van der Waals surface area (Å²) in [5.74, 6) is -0.315. The van der Waals surface area contributed by atoms with Crippen LogP contribution in [0, 0.1) is 16.7 Å². The molecule has 2 aromatic rings. The van der Waals surface area contributed by atoms with Crippen LogP contribution in [0.3, 0.4) is 0 Å². The van der Waals surface area contributed by atoms with Gasteiger partial charge in [0.05, 0.1) is 6.42 Å². The molecule has 1 aliphatic rings. The van der Waals surface area contributed by atoms with E-state index in [1.165, 1.54) is 0 Å². The van der Waals surface area contributed by atoms with Crippen molar-refractivity contribution >= 4 is 31.1 Å². The first kappa shape index (κ1) is 32.3. The number of carbonyl (C=O) groups excluding carboxylic acids is 2. The van der Waals surface area contributed by atoms with Gasteiger partial charge in [-0.3, -0.25) is 9.59 Å². The van der Waals surface area contributed by atoms with Crippen molar-refractivity contribution in [3.05, 3.63) is 53.1 Å². The first-order valence-corrected chi connectivity index (χ1v) is 18.1. The average molecular weight is 579 g/mol. The zero-order valence-electron chi connectivity index (χ0n) is 25.8. The molecule has 1 aromatic heterocycles. The second kappa shape index (κ2) is 14.1. The van der Waals surface area contributed by atoms with Gasteiger partial charge in [-0.05, 0) is 68.1 Å². The average Bonchev–Trinajstić information content (AvgIpc) is 3.30. The molecule has 0 saturated heterocycles. The molecule has 0 bridgehead atoms. The largest absolute Gasteiger partial charge is 0.361 e. The van der Waals surface area contributed by atoms with E-state index in [4.69, 9.17) is 4.74 Å². The number of hydrogen-bond donors (Lipinski definition) is 2. The summed E-state index contributed by atoms with van der Waals surface area (Å²) < 4.78 is 7.44. The molecule has 2 N–H and O–H groups in total. The number of likely N-dealkylation sites (N-methyl/N-ethyl adjacent to an activating group) is 1. The molecular weight excluding hydrogens is 532 g/mol. The van der Waals surface area contributed by atoms with Crippen LogP contribution in [0.2, 0.25) is 25.7 Å². The summed E-state index contributed by atoms with van der Waals surface area (Å²) in [5.41, 5.74) is 4.00. The van der Waals surface area contributed by atoms with Crippen molar-refractivity contribution in [1.29, 1.82) is 5.26 Å². The highest BCUT2D eigenvalue weighted by atomic mass is 28.3. The van der Waals surface area contributed by atoms with Crippen LogP contribution in [-0.2, 0) is 22.7 Å². The van der Waals surface area contributed by atoms with Gasteiger partial charge in [-0.25, -0.2) is 4.98 Å². The van der Waals surface area contributed by atoms with Gasteiger partial charge < -0.3 is 24.8 Å². The second-order valence-electron chi connectivity index (χ2n) is 13.1. The molecule has 1 heterocycles. The third-order valence-electron chi connectivity index (χ3n) is 7.22. The topological polar surface area (TPSA) is 112 Å². The van der Waals surface area contributed by atoms with Crippen molar-refractivity contribution < 1.29 is 14.3 Å². The van der Waals surface area contributed by atoms with Gasteiger partial charge >= 0.3 is 0 Å². The fourth-order valence-corrected chi connectivity index (χ4v) is 5.29. The molecule has 0 atom stereocenters. The molecule has 1 aromatic carbocycles. The summed E-state index contributed by atoms with van der Waals surface area (Å²) in [7, 11) is 2.69. The quantitative estimate of drug-likeness (QED) is 0.252. The zero-order valence-corrected chi connectivity index (χ0v) is 26.8. The van der Waals surface area contributed by atoms with E-state index in [0.717, 1.165) is 48.6 Å². The summed E-state index contributed by atoms with van der Waals surface area (Å²) >= 11 is 0. The monoisotopic (exact) mass is 578 g/mol. The van der Waals surface area contributed by atoms with E-state index in [1.807, 2.05) is 43.3 Å². The molecule has 0 aliphatic heterocycles. The number of nitrogens with zero attached hydrogens (tertiary/aromatic N) is 4. The van der Waals surface area contributed by atoms with Gasteiger partial charge in [0.1, 0.15) is 12.8 Å². The number of anilines is 1. The Morgan fingerprint density at radius 2 is 2.00 bits per heavy atom. The highest BCUT2D eigenvalue weighted by Gasteiger charge is 2.25. The second-order valence-corrected chi connectivity index (χ2v) is 18.8. The van der Waals surface area contributed by atoms with Crippen molar-refractivity contribution in [2.45, 2.75) is 71.9 Å². The van der Waals surface area contributed by atoms with Crippen molar-refractivity contribution in [2.24, 2.45) is 5.41 Å². The van der Waals surface area contributed by atoms with Crippen LogP contribution in [0.5, 0.6) is 0 Å². The molecule has 1 aliphatic carbocycles. The molecule has 2 amide bonds. The number of amides is 2. The van der Waals surface area contributed by atoms with Gasteiger partial charge in [0.2, 0.25) is 11.7 Å². The number of benzene rings is 1. The number of imidazole rings is 1. The summed E-state index contributed by atoms with van der Waals surface area (Å²) in [4.78, 5) is 32.4. The molecule has 0 spiro atoms. The van der Waals surface area contributed by atoms with Crippen LogP contribution < -0.4 is 10.6 Å². The van der Waals surface area contributed by atoms with Crippen LogP contribution in [0.25, 0.3) is 5.57 Å². The summed E-state index contributed by atoms with van der Waals surface area (Å²) in [6.45, 7) is 13.5. The highest BCUT2D eigenvalue weighted by Crippen LogP contribution is 2.40. The zero-order chi connectivity index (χ0) is 30.2. The molecule has 9 nitrogen and oxygen atoms in total. The highest BCUT2D eigenvalue weighted by molar-refractivity contribution is 6.76. The van der Waals surface area contributed by atoms with E-state index in [1.54, 1.807) is 10.8 Å². The molecule has 10 heteroatoms. The Bertz CT molecular complexity index is 1300. The number of nitriles is 1. The summed E-state index contributed by atoms with van der Waals surface area (Å²) in [5, 5.41) is 15.4. The molecular formula is C31H46N6O3Si. The third kappa shape index (κ3) is 10.3. The summed E-state index contributed by atoms with van der Waals surface area (Å²) in [6, 6.07) is 8.78. The Hall–Kier alpha value is -3.26. The Balaban J connectivity index is 1.83. The van der Waals surface area contributed by atoms with E-state index in [9.17, 15) is 14.9 Å². The Morgan fingerprint density at radius 3 is 2.63 bits per heavy atom. The van der Waals surface area contributed by atoms with Gasteiger partial charge in [-0.1, -0.05) is 45.6 Å².